The highest BCUT2D eigenvalue weighted by molar-refractivity contribution is 5.87. The summed E-state index contributed by atoms with van der Waals surface area (Å²) in [5.41, 5.74) is 1.76. The zero-order chi connectivity index (χ0) is 20.4. The maximum absolute atomic E-state index is 12.9. The summed E-state index contributed by atoms with van der Waals surface area (Å²) >= 11 is 0. The zero-order valence-electron chi connectivity index (χ0n) is 15.9. The summed E-state index contributed by atoms with van der Waals surface area (Å²) in [6.07, 6.45) is -1.83. The summed E-state index contributed by atoms with van der Waals surface area (Å²) in [6.45, 7) is 3.83. The van der Waals surface area contributed by atoms with E-state index in [0.29, 0.717) is 24.3 Å². The van der Waals surface area contributed by atoms with Gasteiger partial charge in [0, 0.05) is 50.0 Å². The number of phenolic OH excluding ortho intramolecular Hbond substituents is 1. The maximum atomic E-state index is 12.9. The summed E-state index contributed by atoms with van der Waals surface area (Å²) in [7, 11) is 0. The number of fused-ring (bicyclic) bond motifs is 1. The van der Waals surface area contributed by atoms with Gasteiger partial charge in [-0.3, -0.25) is 9.88 Å². The molecule has 0 atom stereocenters. The van der Waals surface area contributed by atoms with Gasteiger partial charge in [-0.05, 0) is 42.3 Å². The first-order valence-corrected chi connectivity index (χ1v) is 9.62. The van der Waals surface area contributed by atoms with Crippen LogP contribution in [0, 0.1) is 0 Å². The van der Waals surface area contributed by atoms with Crippen molar-refractivity contribution in [2.45, 2.75) is 12.6 Å². The van der Waals surface area contributed by atoms with Crippen LogP contribution >= 0.6 is 0 Å². The second-order valence-corrected chi connectivity index (χ2v) is 7.27. The van der Waals surface area contributed by atoms with Crippen LogP contribution in [0.2, 0.25) is 0 Å². The monoisotopic (exact) mass is 401 g/mol. The van der Waals surface area contributed by atoms with Crippen molar-refractivity contribution in [1.82, 2.24) is 9.88 Å². The van der Waals surface area contributed by atoms with Crippen LogP contribution < -0.4 is 4.90 Å². The Morgan fingerprint density at radius 3 is 2.52 bits per heavy atom. The number of anilines is 1. The van der Waals surface area contributed by atoms with Crippen molar-refractivity contribution < 1.29 is 18.3 Å². The molecule has 2 heterocycles. The second kappa shape index (κ2) is 7.91. The van der Waals surface area contributed by atoms with Gasteiger partial charge in [-0.2, -0.15) is 13.2 Å². The van der Waals surface area contributed by atoms with E-state index in [-0.39, 0.29) is 5.75 Å². The third-order valence-electron chi connectivity index (χ3n) is 5.45. The molecule has 1 saturated heterocycles. The molecule has 1 aliphatic rings. The Labute approximate surface area is 167 Å². The molecule has 1 aromatic heterocycles. The molecule has 4 rings (SSSR count). The largest absolute Gasteiger partial charge is 0.506 e. The van der Waals surface area contributed by atoms with Crippen molar-refractivity contribution in [3.63, 3.8) is 0 Å². The highest BCUT2D eigenvalue weighted by atomic mass is 19.4. The van der Waals surface area contributed by atoms with E-state index in [2.05, 4.69) is 9.88 Å². The van der Waals surface area contributed by atoms with Gasteiger partial charge < -0.3 is 10.0 Å². The minimum Gasteiger partial charge on any atom is -0.506 e. The Kier molecular flexibility index (Phi) is 5.32. The van der Waals surface area contributed by atoms with Gasteiger partial charge in [-0.15, -0.1) is 0 Å². The molecule has 29 heavy (non-hydrogen) atoms. The van der Waals surface area contributed by atoms with Crippen LogP contribution in [0.1, 0.15) is 11.1 Å². The van der Waals surface area contributed by atoms with Crippen molar-refractivity contribution in [3.8, 4) is 5.75 Å². The lowest BCUT2D eigenvalue weighted by Gasteiger charge is -2.36. The Morgan fingerprint density at radius 2 is 1.76 bits per heavy atom. The molecule has 152 valence electrons. The summed E-state index contributed by atoms with van der Waals surface area (Å²) in [4.78, 5) is 8.58. The summed E-state index contributed by atoms with van der Waals surface area (Å²) in [5.74, 6) is 0.180. The van der Waals surface area contributed by atoms with E-state index in [1.54, 1.807) is 18.3 Å². The van der Waals surface area contributed by atoms with E-state index in [9.17, 15) is 18.3 Å². The Bertz CT molecular complexity index is 998. The Balaban J connectivity index is 1.37. The standard InChI is InChI=1S/C22H22F3N3O/c23-22(24,25)17-3-1-4-18(15-17)28-13-11-27(12-14-28)10-8-16-6-7-20(29)21-19(16)5-2-9-26-21/h1-7,9,15,29H,8,10-14H2. The van der Waals surface area contributed by atoms with Crippen molar-refractivity contribution in [2.24, 2.45) is 0 Å². The van der Waals surface area contributed by atoms with E-state index >= 15 is 0 Å². The van der Waals surface area contributed by atoms with E-state index in [4.69, 9.17) is 0 Å². The molecule has 0 radical (unpaired) electrons. The molecule has 1 fully saturated rings. The molecular weight excluding hydrogens is 379 g/mol. The van der Waals surface area contributed by atoms with Crippen molar-refractivity contribution >= 4 is 16.6 Å². The van der Waals surface area contributed by atoms with Crippen LogP contribution in [0.15, 0.2) is 54.7 Å². The number of aromatic nitrogens is 1. The number of phenols is 1. The van der Waals surface area contributed by atoms with E-state index in [1.165, 1.54) is 12.1 Å². The van der Waals surface area contributed by atoms with Crippen LogP contribution in [0.4, 0.5) is 18.9 Å². The van der Waals surface area contributed by atoms with E-state index in [0.717, 1.165) is 43.1 Å². The molecule has 0 saturated carbocycles. The Hall–Kier alpha value is -2.80. The minimum atomic E-state index is -4.32. The molecule has 0 amide bonds. The van der Waals surface area contributed by atoms with Crippen LogP contribution in [-0.4, -0.2) is 47.7 Å². The molecule has 3 aromatic rings. The second-order valence-electron chi connectivity index (χ2n) is 7.27. The lowest BCUT2D eigenvalue weighted by Crippen LogP contribution is -2.47. The third kappa shape index (κ3) is 4.29. The normalized spacial score (nSPS) is 15.8. The average molecular weight is 401 g/mol. The fraction of sp³-hybridized carbons (Fsp3) is 0.318. The van der Waals surface area contributed by atoms with Gasteiger partial charge in [0.05, 0.1) is 5.56 Å². The zero-order valence-corrected chi connectivity index (χ0v) is 15.9. The predicted molar refractivity (Wildman–Crippen MR) is 107 cm³/mol. The quantitative estimate of drug-likeness (QED) is 0.707. The molecule has 2 aromatic carbocycles. The first kappa shape index (κ1) is 19.5. The average Bonchev–Trinajstić information content (AvgIpc) is 2.73. The van der Waals surface area contributed by atoms with Gasteiger partial charge in [0.2, 0.25) is 0 Å². The number of alkyl halides is 3. The highest BCUT2D eigenvalue weighted by Gasteiger charge is 2.31. The number of pyridine rings is 1. The van der Waals surface area contributed by atoms with Gasteiger partial charge >= 0.3 is 6.18 Å². The van der Waals surface area contributed by atoms with Crippen LogP contribution in [0.5, 0.6) is 5.75 Å². The number of halogens is 3. The number of piperazine rings is 1. The first-order valence-electron chi connectivity index (χ1n) is 9.62. The molecule has 7 heteroatoms. The molecule has 1 N–H and O–H groups in total. The number of hydrogen-bond donors (Lipinski definition) is 1. The van der Waals surface area contributed by atoms with Crippen molar-refractivity contribution in [3.05, 3.63) is 65.9 Å². The van der Waals surface area contributed by atoms with Crippen LogP contribution in [0.25, 0.3) is 10.9 Å². The van der Waals surface area contributed by atoms with Crippen molar-refractivity contribution in [2.75, 3.05) is 37.6 Å². The lowest BCUT2D eigenvalue weighted by atomic mass is 10.0. The fourth-order valence-electron chi connectivity index (χ4n) is 3.82. The van der Waals surface area contributed by atoms with E-state index < -0.39 is 11.7 Å². The summed E-state index contributed by atoms with van der Waals surface area (Å²) < 4.78 is 38.8. The molecule has 4 nitrogen and oxygen atoms in total. The van der Waals surface area contributed by atoms with Gasteiger partial charge in [0.15, 0.2) is 0 Å². The number of rotatable bonds is 4. The summed E-state index contributed by atoms with van der Waals surface area (Å²) in [6, 6.07) is 13.0. The molecule has 0 unspecified atom stereocenters. The third-order valence-corrected chi connectivity index (χ3v) is 5.45. The first-order chi connectivity index (χ1) is 13.9. The number of aromatic hydroxyl groups is 1. The number of benzene rings is 2. The maximum Gasteiger partial charge on any atom is 0.416 e. The van der Waals surface area contributed by atoms with Gasteiger partial charge in [-0.25, -0.2) is 0 Å². The van der Waals surface area contributed by atoms with Crippen molar-refractivity contribution in [1.29, 1.82) is 0 Å². The molecule has 0 spiro atoms. The van der Waals surface area contributed by atoms with Crippen LogP contribution in [0.3, 0.4) is 0 Å². The fourth-order valence-corrected chi connectivity index (χ4v) is 3.82. The minimum absolute atomic E-state index is 0.180. The van der Waals surface area contributed by atoms with Gasteiger partial charge in [0.1, 0.15) is 11.3 Å². The smallest absolute Gasteiger partial charge is 0.416 e. The predicted octanol–water partition coefficient (Wildman–Crippen LogP) is 4.32. The molecular formula is C22H22F3N3O. The van der Waals surface area contributed by atoms with E-state index in [1.807, 2.05) is 23.1 Å². The highest BCUT2D eigenvalue weighted by Crippen LogP contribution is 2.32. The SMILES string of the molecule is Oc1ccc(CCN2CCN(c3cccc(C(F)(F)F)c3)CC2)c2cccnc12. The topological polar surface area (TPSA) is 39.6 Å². The number of hydrogen-bond acceptors (Lipinski definition) is 4. The van der Waals surface area contributed by atoms with Gasteiger partial charge in [-0.1, -0.05) is 18.2 Å². The summed E-state index contributed by atoms with van der Waals surface area (Å²) in [5, 5.41) is 10.9. The number of nitrogens with zero attached hydrogens (tertiary/aromatic N) is 3. The molecule has 1 aliphatic heterocycles. The Morgan fingerprint density at radius 1 is 0.966 bits per heavy atom. The molecule has 0 aliphatic carbocycles. The van der Waals surface area contributed by atoms with Crippen LogP contribution in [-0.2, 0) is 12.6 Å². The lowest BCUT2D eigenvalue weighted by molar-refractivity contribution is -0.137. The van der Waals surface area contributed by atoms with Gasteiger partial charge in [0.25, 0.3) is 0 Å². The molecule has 0 bridgehead atoms.